The van der Waals surface area contributed by atoms with Gasteiger partial charge in [-0.2, -0.15) is 14.1 Å². The van der Waals surface area contributed by atoms with Crippen molar-refractivity contribution < 1.29 is 27.1 Å². The highest BCUT2D eigenvalue weighted by molar-refractivity contribution is 7.88. The molecule has 0 aliphatic heterocycles. The van der Waals surface area contributed by atoms with Crippen LogP contribution in [0.1, 0.15) is 17.4 Å². The Hall–Kier alpha value is -3.16. The molecule has 13 heteroatoms. The van der Waals surface area contributed by atoms with Crippen molar-refractivity contribution in [3.63, 3.8) is 0 Å². The van der Waals surface area contributed by atoms with Gasteiger partial charge in [0.2, 0.25) is 15.9 Å². The Morgan fingerprint density at radius 2 is 2.06 bits per heavy atom. The Labute approximate surface area is 186 Å². The minimum absolute atomic E-state index is 0.0346. The van der Waals surface area contributed by atoms with Gasteiger partial charge in [-0.25, -0.2) is 17.6 Å². The van der Waals surface area contributed by atoms with Crippen molar-refractivity contribution in [3.05, 3.63) is 51.5 Å². The highest BCUT2D eigenvalue weighted by Crippen LogP contribution is 2.30. The summed E-state index contributed by atoms with van der Waals surface area (Å²) in [5.74, 6) is -2.10. The molecule has 2 aromatic heterocycles. The number of rotatable bonds is 7. The summed E-state index contributed by atoms with van der Waals surface area (Å²) in [6.45, 7) is 1.19. The van der Waals surface area contributed by atoms with Crippen LogP contribution in [0.15, 0.2) is 34.4 Å². The number of carbonyl (C=O) groups excluding carboxylic acids is 2. The molecule has 1 aromatic carbocycles. The molecule has 0 aliphatic carbocycles. The van der Waals surface area contributed by atoms with E-state index in [9.17, 15) is 27.2 Å². The summed E-state index contributed by atoms with van der Waals surface area (Å²) in [6.07, 6.45) is 0.954. The second-order valence-electron chi connectivity index (χ2n) is 6.69. The van der Waals surface area contributed by atoms with Gasteiger partial charge in [-0.05, 0) is 25.1 Å². The molecule has 0 bridgehead atoms. The van der Waals surface area contributed by atoms with Crippen LogP contribution >= 0.6 is 11.3 Å². The maximum atomic E-state index is 13.7. The van der Waals surface area contributed by atoms with E-state index < -0.39 is 39.8 Å². The number of thiophene rings is 1. The summed E-state index contributed by atoms with van der Waals surface area (Å²) in [7, 11) is -2.36. The maximum absolute atomic E-state index is 13.7. The van der Waals surface area contributed by atoms with Crippen molar-refractivity contribution in [2.75, 3.05) is 31.8 Å². The zero-order chi connectivity index (χ0) is 23.6. The number of carbonyl (C=O) groups is 2. The topological polar surface area (TPSA) is 128 Å². The number of nitrogens with one attached hydrogen (secondary N) is 1. The smallest absolute Gasteiger partial charge is 0.359 e. The average Bonchev–Trinajstić information content (AvgIpc) is 3.11. The zero-order valence-corrected chi connectivity index (χ0v) is 18.9. The number of likely N-dealkylation sites (N-methyl/N-ethyl adjacent to an activating group) is 1. The number of amides is 1. The van der Waals surface area contributed by atoms with E-state index in [2.05, 4.69) is 10.4 Å². The van der Waals surface area contributed by atoms with E-state index in [0.29, 0.717) is 0 Å². The van der Waals surface area contributed by atoms with Crippen LogP contribution in [-0.2, 0) is 19.6 Å². The molecule has 0 aliphatic rings. The first-order chi connectivity index (χ1) is 15.0. The molecule has 0 spiro atoms. The highest BCUT2D eigenvalue weighted by atomic mass is 32.2. The minimum atomic E-state index is -3.60. The molecule has 2 heterocycles. The van der Waals surface area contributed by atoms with Gasteiger partial charge in [-0.15, -0.1) is 11.3 Å². The van der Waals surface area contributed by atoms with Gasteiger partial charge in [0.05, 0.1) is 30.5 Å². The molecule has 32 heavy (non-hydrogen) atoms. The van der Waals surface area contributed by atoms with E-state index in [-0.39, 0.29) is 33.8 Å². The quantitative estimate of drug-likeness (QED) is 0.507. The molecule has 0 saturated carbocycles. The fourth-order valence-electron chi connectivity index (χ4n) is 2.76. The number of anilines is 1. The van der Waals surface area contributed by atoms with E-state index >= 15 is 0 Å². The van der Waals surface area contributed by atoms with Gasteiger partial charge < -0.3 is 10.1 Å². The standard InChI is InChI=1S/C19H19FN4O6S2/c1-4-30-19(27)16-13-10-31-17(21-14(25)9-23(2)32(3,28)29)15(13)18(26)24(22-16)12-7-5-6-11(20)8-12/h5-8,10H,4,9H2,1-3H3,(H,21,25). The number of hydrogen-bond acceptors (Lipinski definition) is 8. The van der Waals surface area contributed by atoms with Crippen LogP contribution in [0.5, 0.6) is 0 Å². The molecule has 1 N–H and O–H groups in total. The van der Waals surface area contributed by atoms with Gasteiger partial charge in [0.15, 0.2) is 5.69 Å². The number of ether oxygens (including phenoxy) is 1. The number of nitrogens with zero attached hydrogens (tertiary/aromatic N) is 3. The Morgan fingerprint density at radius 1 is 1.34 bits per heavy atom. The summed E-state index contributed by atoms with van der Waals surface area (Å²) >= 11 is 0.962. The van der Waals surface area contributed by atoms with Crippen molar-refractivity contribution in [2.45, 2.75) is 6.92 Å². The van der Waals surface area contributed by atoms with Crippen molar-refractivity contribution in [1.29, 1.82) is 0 Å². The number of halogens is 1. The highest BCUT2D eigenvalue weighted by Gasteiger charge is 2.24. The van der Waals surface area contributed by atoms with Crippen LogP contribution in [0, 0.1) is 5.82 Å². The molecule has 3 rings (SSSR count). The number of benzene rings is 1. The lowest BCUT2D eigenvalue weighted by Gasteiger charge is -2.13. The van der Waals surface area contributed by atoms with Crippen LogP contribution in [-0.4, -0.2) is 60.8 Å². The molecular weight excluding hydrogens is 463 g/mol. The third-order valence-corrected chi connectivity index (χ3v) is 6.52. The van der Waals surface area contributed by atoms with Gasteiger partial charge in [-0.1, -0.05) is 6.07 Å². The summed E-state index contributed by atoms with van der Waals surface area (Å²) < 4.78 is 43.6. The summed E-state index contributed by atoms with van der Waals surface area (Å²) in [6, 6.07) is 5.07. The van der Waals surface area contributed by atoms with Gasteiger partial charge >= 0.3 is 5.97 Å². The second-order valence-corrected chi connectivity index (χ2v) is 9.66. The molecule has 0 unspecified atom stereocenters. The van der Waals surface area contributed by atoms with Crippen LogP contribution in [0.3, 0.4) is 0 Å². The molecular formula is C19H19FN4O6S2. The van der Waals surface area contributed by atoms with Crippen LogP contribution in [0.4, 0.5) is 9.39 Å². The van der Waals surface area contributed by atoms with Crippen LogP contribution < -0.4 is 10.9 Å². The molecule has 0 radical (unpaired) electrons. The van der Waals surface area contributed by atoms with E-state index in [0.717, 1.165) is 32.6 Å². The van der Waals surface area contributed by atoms with Gasteiger partial charge in [0.1, 0.15) is 10.8 Å². The third kappa shape index (κ3) is 4.84. The predicted octanol–water partition coefficient (Wildman–Crippen LogP) is 1.59. The van der Waals surface area contributed by atoms with Crippen LogP contribution in [0.2, 0.25) is 0 Å². The monoisotopic (exact) mass is 482 g/mol. The van der Waals surface area contributed by atoms with E-state index in [1.807, 2.05) is 0 Å². The third-order valence-electron chi connectivity index (χ3n) is 4.36. The van der Waals surface area contributed by atoms with Gasteiger partial charge in [0, 0.05) is 17.8 Å². The second kappa shape index (κ2) is 9.14. The Kier molecular flexibility index (Phi) is 6.71. The van der Waals surface area contributed by atoms with Gasteiger partial charge in [-0.3, -0.25) is 9.59 Å². The lowest BCUT2D eigenvalue weighted by molar-refractivity contribution is -0.116. The van der Waals surface area contributed by atoms with Crippen molar-refractivity contribution in [2.24, 2.45) is 0 Å². The van der Waals surface area contributed by atoms with Crippen molar-refractivity contribution >= 4 is 49.0 Å². The fourth-order valence-corrected chi connectivity index (χ4v) is 4.07. The molecule has 170 valence electrons. The Bertz CT molecular complexity index is 1370. The average molecular weight is 483 g/mol. The summed E-state index contributed by atoms with van der Waals surface area (Å²) in [5.41, 5.74) is -0.815. The Morgan fingerprint density at radius 3 is 2.69 bits per heavy atom. The maximum Gasteiger partial charge on any atom is 0.359 e. The molecule has 10 nitrogen and oxygen atoms in total. The van der Waals surface area contributed by atoms with E-state index in [1.165, 1.54) is 30.6 Å². The minimum Gasteiger partial charge on any atom is -0.461 e. The SMILES string of the molecule is CCOC(=O)c1nn(-c2cccc(F)c2)c(=O)c2c(NC(=O)CN(C)S(C)(=O)=O)scc12. The summed E-state index contributed by atoms with van der Waals surface area (Å²) in [5, 5.41) is 8.24. The number of hydrogen-bond donors (Lipinski definition) is 1. The van der Waals surface area contributed by atoms with Gasteiger partial charge in [0.25, 0.3) is 5.56 Å². The fraction of sp³-hybridized carbons (Fsp3) is 0.263. The number of esters is 1. The first-order valence-electron chi connectivity index (χ1n) is 9.21. The molecule has 0 saturated heterocycles. The lowest BCUT2D eigenvalue weighted by atomic mass is 10.2. The molecule has 0 fully saturated rings. The summed E-state index contributed by atoms with van der Waals surface area (Å²) in [4.78, 5) is 38.0. The first kappa shape index (κ1) is 23.5. The molecule has 3 aromatic rings. The van der Waals surface area contributed by atoms with E-state index in [4.69, 9.17) is 4.74 Å². The van der Waals surface area contributed by atoms with Crippen molar-refractivity contribution in [3.8, 4) is 5.69 Å². The number of fused-ring (bicyclic) bond motifs is 1. The molecule has 1 amide bonds. The lowest BCUT2D eigenvalue weighted by Crippen LogP contribution is -2.34. The van der Waals surface area contributed by atoms with E-state index in [1.54, 1.807) is 6.92 Å². The van der Waals surface area contributed by atoms with Crippen molar-refractivity contribution in [1.82, 2.24) is 14.1 Å². The number of aromatic nitrogens is 2. The Balaban J connectivity index is 2.15. The predicted molar refractivity (Wildman–Crippen MR) is 117 cm³/mol. The molecule has 0 atom stereocenters. The number of sulfonamides is 1. The first-order valence-corrected chi connectivity index (χ1v) is 11.9. The largest absolute Gasteiger partial charge is 0.461 e. The van der Waals surface area contributed by atoms with Crippen LogP contribution in [0.25, 0.3) is 16.5 Å². The normalized spacial score (nSPS) is 11.7. The zero-order valence-electron chi connectivity index (χ0n) is 17.3.